The number of hydrogen-bond acceptors (Lipinski definition) is 8. The van der Waals surface area contributed by atoms with Crippen LogP contribution >= 0.6 is 22.9 Å². The van der Waals surface area contributed by atoms with Crippen LogP contribution in [0.2, 0.25) is 5.02 Å². The number of benzene rings is 2. The second-order valence-corrected chi connectivity index (χ2v) is 8.62. The molecule has 0 aliphatic rings. The van der Waals surface area contributed by atoms with Crippen LogP contribution in [-0.4, -0.2) is 35.9 Å². The Morgan fingerprint density at radius 2 is 1.76 bits per heavy atom. The van der Waals surface area contributed by atoms with Gasteiger partial charge in [-0.15, -0.1) is 5.10 Å². The molecule has 172 valence electrons. The number of ether oxygens (including phenoxy) is 3. The smallest absolute Gasteiger partial charge is 0.291 e. The maximum absolute atomic E-state index is 13.0. The summed E-state index contributed by atoms with van der Waals surface area (Å²) >= 11 is 7.29. The topological polar surface area (TPSA) is 88.1 Å². The molecule has 8 nitrogen and oxygen atoms in total. The molecule has 3 heterocycles. The Kier molecular flexibility index (Phi) is 5.72. The molecule has 0 saturated heterocycles. The van der Waals surface area contributed by atoms with Gasteiger partial charge in [0.2, 0.25) is 10.7 Å². The lowest BCUT2D eigenvalue weighted by molar-refractivity contribution is 0.324. The lowest BCUT2D eigenvalue weighted by Crippen LogP contribution is -2.23. The van der Waals surface area contributed by atoms with Crippen LogP contribution in [0.3, 0.4) is 0 Å². The highest BCUT2D eigenvalue weighted by Gasteiger charge is 2.18. The number of rotatable bonds is 6. The summed E-state index contributed by atoms with van der Waals surface area (Å²) in [5.74, 6) is 2.98. The minimum Gasteiger partial charge on any atom is -0.493 e. The standard InChI is InChI=1S/C24H18ClN3O5S/c1-30-18-10-14(11-19(31-2)21(18)32-3)22-26-24-28(27-22)23(29)20(34-24)12-16-7-8-17(33-16)13-5-4-6-15(25)9-13/h4-12H,1-3H3. The van der Waals surface area contributed by atoms with Crippen molar-refractivity contribution >= 4 is 34.0 Å². The molecule has 0 bridgehead atoms. The van der Waals surface area contributed by atoms with Gasteiger partial charge in [0.15, 0.2) is 17.3 Å². The Balaban J connectivity index is 1.52. The van der Waals surface area contributed by atoms with Crippen molar-refractivity contribution in [1.29, 1.82) is 0 Å². The zero-order chi connectivity index (χ0) is 23.8. The first-order chi connectivity index (χ1) is 16.5. The van der Waals surface area contributed by atoms with E-state index in [4.69, 9.17) is 30.2 Å². The third-order valence-electron chi connectivity index (χ3n) is 5.11. The molecule has 0 aliphatic carbocycles. The number of hydrogen-bond donors (Lipinski definition) is 0. The van der Waals surface area contributed by atoms with Crippen LogP contribution < -0.4 is 24.3 Å². The van der Waals surface area contributed by atoms with E-state index in [-0.39, 0.29) is 5.56 Å². The molecule has 0 N–H and O–H groups in total. The molecule has 0 saturated carbocycles. The van der Waals surface area contributed by atoms with Gasteiger partial charge in [0, 0.05) is 22.2 Å². The Morgan fingerprint density at radius 1 is 1.00 bits per heavy atom. The quantitative estimate of drug-likeness (QED) is 0.347. The summed E-state index contributed by atoms with van der Waals surface area (Å²) < 4.78 is 23.8. The van der Waals surface area contributed by atoms with Crippen LogP contribution in [0, 0.1) is 0 Å². The summed E-state index contributed by atoms with van der Waals surface area (Å²) in [5.41, 5.74) is 1.20. The van der Waals surface area contributed by atoms with Crippen molar-refractivity contribution in [2.45, 2.75) is 0 Å². The summed E-state index contributed by atoms with van der Waals surface area (Å²) in [4.78, 5) is 17.9. The molecule has 0 atom stereocenters. The number of nitrogens with zero attached hydrogens (tertiary/aromatic N) is 3. The molecular formula is C24H18ClN3O5S. The minimum absolute atomic E-state index is 0.285. The molecule has 10 heteroatoms. The van der Waals surface area contributed by atoms with Crippen LogP contribution in [0.1, 0.15) is 5.76 Å². The van der Waals surface area contributed by atoms with Crippen molar-refractivity contribution in [3.05, 3.63) is 74.2 Å². The normalized spacial score (nSPS) is 11.8. The highest BCUT2D eigenvalue weighted by molar-refractivity contribution is 7.15. The Morgan fingerprint density at radius 3 is 2.41 bits per heavy atom. The van der Waals surface area contributed by atoms with Gasteiger partial charge in [0.1, 0.15) is 16.1 Å². The van der Waals surface area contributed by atoms with E-state index in [2.05, 4.69) is 10.1 Å². The first kappa shape index (κ1) is 22.0. The molecular weight excluding hydrogens is 478 g/mol. The predicted molar refractivity (Wildman–Crippen MR) is 130 cm³/mol. The molecule has 0 spiro atoms. The van der Waals surface area contributed by atoms with Crippen LogP contribution in [0.15, 0.2) is 57.7 Å². The van der Waals surface area contributed by atoms with Crippen LogP contribution in [0.25, 0.3) is 33.7 Å². The number of furan rings is 1. The highest BCUT2D eigenvalue weighted by Crippen LogP contribution is 2.40. The Labute approximate surface area is 202 Å². The van der Waals surface area contributed by atoms with Gasteiger partial charge in [-0.3, -0.25) is 4.79 Å². The molecule has 5 aromatic rings. The molecule has 0 radical (unpaired) electrons. The van der Waals surface area contributed by atoms with Gasteiger partial charge in [0.25, 0.3) is 5.56 Å². The maximum atomic E-state index is 13.0. The summed E-state index contributed by atoms with van der Waals surface area (Å²) in [6.07, 6.45) is 1.68. The second-order valence-electron chi connectivity index (χ2n) is 7.17. The van der Waals surface area contributed by atoms with Crippen molar-refractivity contribution in [3.8, 4) is 40.0 Å². The summed E-state index contributed by atoms with van der Waals surface area (Å²) in [6, 6.07) is 14.5. The fourth-order valence-corrected chi connectivity index (χ4v) is 4.60. The van der Waals surface area contributed by atoms with Gasteiger partial charge in [0.05, 0.1) is 21.3 Å². The molecule has 0 amide bonds. The van der Waals surface area contributed by atoms with Crippen molar-refractivity contribution in [3.63, 3.8) is 0 Å². The number of aromatic nitrogens is 3. The monoisotopic (exact) mass is 495 g/mol. The number of fused-ring (bicyclic) bond motifs is 1. The van der Waals surface area contributed by atoms with Gasteiger partial charge in [-0.2, -0.15) is 9.50 Å². The minimum atomic E-state index is -0.285. The highest BCUT2D eigenvalue weighted by atomic mass is 35.5. The molecule has 5 rings (SSSR count). The summed E-state index contributed by atoms with van der Waals surface area (Å²) in [6.45, 7) is 0. The Hall–Kier alpha value is -3.82. The van der Waals surface area contributed by atoms with Crippen LogP contribution in [0.4, 0.5) is 0 Å². The average molecular weight is 496 g/mol. The predicted octanol–water partition coefficient (Wildman–Crippen LogP) is 4.30. The Bertz CT molecular complexity index is 1600. The zero-order valence-corrected chi connectivity index (χ0v) is 19.9. The maximum Gasteiger partial charge on any atom is 0.291 e. The molecule has 0 aliphatic heterocycles. The van der Waals surface area contributed by atoms with Crippen molar-refractivity contribution in [1.82, 2.24) is 14.6 Å². The molecule has 3 aromatic heterocycles. The van der Waals surface area contributed by atoms with Gasteiger partial charge >= 0.3 is 0 Å². The molecule has 2 aromatic carbocycles. The number of halogens is 1. The van der Waals surface area contributed by atoms with E-state index in [0.717, 1.165) is 5.56 Å². The SMILES string of the molecule is COc1cc(-c2nc3sc(=Cc4ccc(-c5cccc(Cl)c5)o4)c(=O)n3n2)cc(OC)c1OC. The average Bonchev–Trinajstić information content (AvgIpc) is 3.55. The van der Waals surface area contributed by atoms with Crippen LogP contribution in [0.5, 0.6) is 17.2 Å². The fourth-order valence-electron chi connectivity index (χ4n) is 3.52. The zero-order valence-electron chi connectivity index (χ0n) is 18.4. The summed E-state index contributed by atoms with van der Waals surface area (Å²) in [7, 11) is 4.60. The number of methoxy groups -OCH3 is 3. The lowest BCUT2D eigenvalue weighted by atomic mass is 10.1. The van der Waals surface area contributed by atoms with Gasteiger partial charge < -0.3 is 18.6 Å². The van der Waals surface area contributed by atoms with Crippen LogP contribution in [-0.2, 0) is 0 Å². The van der Waals surface area contributed by atoms with E-state index in [1.165, 1.54) is 37.2 Å². The molecule has 34 heavy (non-hydrogen) atoms. The summed E-state index contributed by atoms with van der Waals surface area (Å²) in [5, 5.41) is 5.02. The van der Waals surface area contributed by atoms with E-state index in [0.29, 0.717) is 54.7 Å². The third kappa shape index (κ3) is 3.89. The van der Waals surface area contributed by atoms with E-state index in [1.807, 2.05) is 24.3 Å². The molecule has 0 fully saturated rings. The van der Waals surface area contributed by atoms with Crippen molar-refractivity contribution in [2.75, 3.05) is 21.3 Å². The van der Waals surface area contributed by atoms with E-state index in [9.17, 15) is 4.79 Å². The largest absolute Gasteiger partial charge is 0.493 e. The van der Waals surface area contributed by atoms with E-state index < -0.39 is 0 Å². The first-order valence-electron chi connectivity index (χ1n) is 10.1. The van der Waals surface area contributed by atoms with Gasteiger partial charge in [-0.1, -0.05) is 35.1 Å². The fraction of sp³-hybridized carbons (Fsp3) is 0.125. The second kappa shape index (κ2) is 8.85. The van der Waals surface area contributed by atoms with E-state index >= 15 is 0 Å². The molecule has 0 unspecified atom stereocenters. The van der Waals surface area contributed by atoms with Gasteiger partial charge in [-0.05, 0) is 36.4 Å². The third-order valence-corrected chi connectivity index (χ3v) is 6.31. The van der Waals surface area contributed by atoms with Crippen molar-refractivity contribution in [2.24, 2.45) is 0 Å². The first-order valence-corrected chi connectivity index (χ1v) is 11.3. The van der Waals surface area contributed by atoms with Gasteiger partial charge in [-0.25, -0.2) is 0 Å². The van der Waals surface area contributed by atoms with Crippen molar-refractivity contribution < 1.29 is 18.6 Å². The van der Waals surface area contributed by atoms with E-state index in [1.54, 1.807) is 30.3 Å². The number of thiazole rings is 1. The lowest BCUT2D eigenvalue weighted by Gasteiger charge is -2.12.